The Kier molecular flexibility index (Phi) is 3.31. The van der Waals surface area contributed by atoms with Gasteiger partial charge in [-0.3, -0.25) is 0 Å². The highest BCUT2D eigenvalue weighted by Gasteiger charge is 2.02. The summed E-state index contributed by atoms with van der Waals surface area (Å²) in [7, 11) is 0. The minimum absolute atomic E-state index is 0.792. The molecule has 0 aromatic heterocycles. The molecule has 0 aromatic carbocycles. The van der Waals surface area contributed by atoms with E-state index in [9.17, 15) is 9.59 Å². The largest absolute Gasteiger partial charge is 0.388 e. The lowest BCUT2D eigenvalue weighted by Crippen LogP contribution is -2.12. The number of carbonyl (C=O) groups is 2. The molecule has 0 atom stereocenters. The van der Waals surface area contributed by atoms with E-state index in [1.807, 2.05) is 0 Å². The fourth-order valence-electron chi connectivity index (χ4n) is 0.186. The Morgan fingerprint density at radius 3 is 2.56 bits per heavy atom. The molecule has 0 unspecified atom stereocenters. The molecule has 0 saturated heterocycles. The van der Waals surface area contributed by atoms with Gasteiger partial charge in [0.2, 0.25) is 0 Å². The van der Waals surface area contributed by atoms with Crippen molar-refractivity contribution in [3.05, 3.63) is 12.7 Å². The number of aliphatic hydroxyl groups is 1. The van der Waals surface area contributed by atoms with E-state index in [1.165, 1.54) is 0 Å². The monoisotopic (exact) mass is 130 g/mol. The van der Waals surface area contributed by atoms with E-state index in [2.05, 4.69) is 11.3 Å². The van der Waals surface area contributed by atoms with Crippen LogP contribution in [-0.4, -0.2) is 23.7 Å². The Labute approximate surface area is 51.7 Å². The number of rotatable bonds is 2. The Morgan fingerprint density at radius 1 is 1.67 bits per heavy atom. The summed E-state index contributed by atoms with van der Waals surface area (Å²) in [6.07, 6.45) is 0.841. The van der Waals surface area contributed by atoms with Gasteiger partial charge in [-0.15, -0.1) is 0 Å². The maximum Gasteiger partial charge on any atom is 0.339 e. The summed E-state index contributed by atoms with van der Waals surface area (Å²) < 4.78 is 3.90. The second kappa shape index (κ2) is 3.80. The molecule has 4 heteroatoms. The Morgan fingerprint density at radius 2 is 2.22 bits per heavy atom. The summed E-state index contributed by atoms with van der Waals surface area (Å²) >= 11 is 0. The molecule has 9 heavy (non-hydrogen) atoms. The zero-order chi connectivity index (χ0) is 7.28. The smallest absolute Gasteiger partial charge is 0.339 e. The summed E-state index contributed by atoms with van der Waals surface area (Å²) in [6.45, 7) is 2.25. The molecule has 0 spiro atoms. The van der Waals surface area contributed by atoms with E-state index in [0.29, 0.717) is 0 Å². The predicted octanol–water partition coefficient (Wildman–Crippen LogP) is -0.766. The molecule has 0 fully saturated rings. The third kappa shape index (κ3) is 3.42. The maximum atomic E-state index is 10.1. The Hall–Kier alpha value is -1.16. The molecule has 4 nitrogen and oxygen atoms in total. The lowest BCUT2D eigenvalue weighted by atomic mass is 10.6. The summed E-state index contributed by atoms with van der Waals surface area (Å²) in [5.74, 6) is -1.83. The van der Waals surface area contributed by atoms with Gasteiger partial charge < -0.3 is 9.84 Å². The molecule has 0 aliphatic heterocycles. The minimum atomic E-state index is -0.972. The highest BCUT2D eigenvalue weighted by atomic mass is 16.6. The molecule has 0 saturated carbocycles. The summed E-state index contributed by atoms with van der Waals surface area (Å²) in [6, 6.07) is 0. The summed E-state index contributed by atoms with van der Waals surface area (Å²) in [5.41, 5.74) is 0. The van der Waals surface area contributed by atoms with E-state index in [-0.39, 0.29) is 0 Å². The summed E-state index contributed by atoms with van der Waals surface area (Å²) in [4.78, 5) is 20.1. The normalized spacial score (nSPS) is 8.11. The van der Waals surface area contributed by atoms with Gasteiger partial charge in [-0.1, -0.05) is 6.58 Å². The van der Waals surface area contributed by atoms with Gasteiger partial charge in [0.25, 0.3) is 0 Å². The zero-order valence-electron chi connectivity index (χ0n) is 4.66. The van der Waals surface area contributed by atoms with Crippen molar-refractivity contribution in [2.45, 2.75) is 0 Å². The van der Waals surface area contributed by atoms with Crippen molar-refractivity contribution in [2.75, 3.05) is 6.61 Å². The second-order valence-electron chi connectivity index (χ2n) is 1.16. The lowest BCUT2D eigenvalue weighted by Gasteiger charge is -1.92. The first-order valence-corrected chi connectivity index (χ1v) is 2.18. The van der Waals surface area contributed by atoms with Crippen molar-refractivity contribution >= 4 is 11.9 Å². The van der Waals surface area contributed by atoms with Crippen molar-refractivity contribution in [1.82, 2.24) is 0 Å². The van der Waals surface area contributed by atoms with Crippen LogP contribution in [0.2, 0.25) is 0 Å². The third-order valence-electron chi connectivity index (χ3n) is 0.510. The lowest BCUT2D eigenvalue weighted by molar-refractivity contribution is -0.158. The van der Waals surface area contributed by atoms with Crippen molar-refractivity contribution in [3.63, 3.8) is 0 Å². The van der Waals surface area contributed by atoms with Crippen LogP contribution in [0.15, 0.2) is 12.7 Å². The number of esters is 2. The van der Waals surface area contributed by atoms with Gasteiger partial charge in [0.1, 0.15) is 6.61 Å². The highest BCUT2D eigenvalue weighted by Crippen LogP contribution is 1.78. The minimum Gasteiger partial charge on any atom is -0.388 e. The average molecular weight is 130 g/mol. The van der Waals surface area contributed by atoms with E-state index in [1.54, 1.807) is 0 Å². The van der Waals surface area contributed by atoms with Gasteiger partial charge in [-0.2, -0.15) is 0 Å². The molecule has 0 aromatic rings. The van der Waals surface area contributed by atoms with Crippen LogP contribution in [0.4, 0.5) is 0 Å². The standard InChI is InChI=1S/C5H6O4/c1-2-4(7)9-5(8)3-6/h2,6H,1,3H2. The molecular formula is C5H6O4. The molecule has 0 amide bonds. The Balaban J connectivity index is 3.59. The third-order valence-corrected chi connectivity index (χ3v) is 0.510. The molecule has 0 aliphatic rings. The van der Waals surface area contributed by atoms with Crippen molar-refractivity contribution < 1.29 is 19.4 Å². The molecule has 0 radical (unpaired) electrons. The molecule has 50 valence electrons. The van der Waals surface area contributed by atoms with E-state index in [4.69, 9.17) is 5.11 Å². The Bertz CT molecular complexity index is 138. The number of hydrogen-bond acceptors (Lipinski definition) is 4. The number of ether oxygens (including phenoxy) is 1. The van der Waals surface area contributed by atoms with Crippen LogP contribution in [0.5, 0.6) is 0 Å². The fraction of sp³-hybridized carbons (Fsp3) is 0.200. The van der Waals surface area contributed by atoms with Gasteiger partial charge >= 0.3 is 11.9 Å². The first kappa shape index (κ1) is 7.84. The van der Waals surface area contributed by atoms with Crippen LogP contribution in [-0.2, 0) is 14.3 Å². The number of aliphatic hydroxyl groups excluding tert-OH is 1. The van der Waals surface area contributed by atoms with Gasteiger partial charge in [0.15, 0.2) is 0 Å². The van der Waals surface area contributed by atoms with Crippen LogP contribution in [0.25, 0.3) is 0 Å². The second-order valence-corrected chi connectivity index (χ2v) is 1.16. The number of carbonyl (C=O) groups excluding carboxylic acids is 2. The average Bonchev–Trinajstić information content (AvgIpc) is 1.87. The quantitative estimate of drug-likeness (QED) is 0.303. The predicted molar refractivity (Wildman–Crippen MR) is 28.4 cm³/mol. The van der Waals surface area contributed by atoms with Crippen LogP contribution < -0.4 is 0 Å². The van der Waals surface area contributed by atoms with E-state index in [0.717, 1.165) is 6.08 Å². The molecule has 0 bridgehead atoms. The summed E-state index contributed by atoms with van der Waals surface area (Å²) in [5, 5.41) is 8.02. The van der Waals surface area contributed by atoms with Gasteiger partial charge in [-0.25, -0.2) is 9.59 Å². The molecule has 0 aliphatic carbocycles. The van der Waals surface area contributed by atoms with Crippen LogP contribution in [0.3, 0.4) is 0 Å². The van der Waals surface area contributed by atoms with Crippen LogP contribution in [0, 0.1) is 0 Å². The van der Waals surface area contributed by atoms with Gasteiger partial charge in [0.05, 0.1) is 0 Å². The highest BCUT2D eigenvalue weighted by molar-refractivity contribution is 5.91. The first-order valence-electron chi connectivity index (χ1n) is 2.18. The van der Waals surface area contributed by atoms with Crippen LogP contribution in [0.1, 0.15) is 0 Å². The SMILES string of the molecule is C=CC(=O)OC(=O)CO. The van der Waals surface area contributed by atoms with Gasteiger partial charge in [0, 0.05) is 6.08 Å². The van der Waals surface area contributed by atoms with Crippen LogP contribution >= 0.6 is 0 Å². The topological polar surface area (TPSA) is 63.6 Å². The van der Waals surface area contributed by atoms with Crippen molar-refractivity contribution in [2.24, 2.45) is 0 Å². The zero-order valence-corrected chi connectivity index (χ0v) is 4.66. The maximum absolute atomic E-state index is 10.1. The van der Waals surface area contributed by atoms with E-state index >= 15 is 0 Å². The van der Waals surface area contributed by atoms with Gasteiger partial charge in [-0.05, 0) is 0 Å². The molecule has 1 N–H and O–H groups in total. The fourth-order valence-corrected chi connectivity index (χ4v) is 0.186. The number of hydrogen-bond donors (Lipinski definition) is 1. The molecular weight excluding hydrogens is 124 g/mol. The molecule has 0 heterocycles. The molecule has 0 rings (SSSR count). The van der Waals surface area contributed by atoms with E-state index < -0.39 is 18.5 Å². The van der Waals surface area contributed by atoms with Crippen molar-refractivity contribution in [3.8, 4) is 0 Å². The van der Waals surface area contributed by atoms with Crippen molar-refractivity contribution in [1.29, 1.82) is 0 Å². The first-order chi connectivity index (χ1) is 4.20.